The van der Waals surface area contributed by atoms with Crippen LogP contribution in [0.2, 0.25) is 0 Å². The number of esters is 1. The lowest BCUT2D eigenvalue weighted by atomic mass is 9.71. The summed E-state index contributed by atoms with van der Waals surface area (Å²) in [6, 6.07) is -0.257. The number of ether oxygens (including phenoxy) is 10. The topological polar surface area (TPSA) is 176 Å². The number of aliphatic hydroxyl groups is 2. The van der Waals surface area contributed by atoms with E-state index < -0.39 is 72.5 Å². The fourth-order valence-corrected chi connectivity index (χ4v) is 10.6. The molecule has 6 heterocycles. The molecule has 62 heavy (non-hydrogen) atoms. The number of carbonyl (C=O) groups is 1. The molecule has 0 aromatic heterocycles. The van der Waals surface area contributed by atoms with E-state index in [4.69, 9.17) is 53.1 Å². The molecule has 1 spiro atoms. The summed E-state index contributed by atoms with van der Waals surface area (Å²) >= 11 is 0. The monoisotopic (exact) mass is 872 g/mol. The molecule has 0 unspecified atom stereocenters. The van der Waals surface area contributed by atoms with Gasteiger partial charge in [-0.2, -0.15) is 0 Å². The number of rotatable bonds is 8. The Morgan fingerprint density at radius 1 is 0.919 bits per heavy atom. The number of aliphatic hydroxyl groups excluding tert-OH is 1. The van der Waals surface area contributed by atoms with E-state index in [1.165, 1.54) is 0 Å². The van der Waals surface area contributed by atoms with E-state index in [-0.39, 0.29) is 60.9 Å². The summed E-state index contributed by atoms with van der Waals surface area (Å²) in [7, 11) is 3.32. The molecular formula is C48H73NO13. The van der Waals surface area contributed by atoms with Crippen LogP contribution in [0.3, 0.4) is 0 Å². The Morgan fingerprint density at radius 2 is 1.63 bits per heavy atom. The van der Waals surface area contributed by atoms with Crippen molar-refractivity contribution in [3.8, 4) is 0 Å². The Morgan fingerprint density at radius 3 is 2.35 bits per heavy atom. The lowest BCUT2D eigenvalue weighted by molar-refractivity contribution is -0.311. The Kier molecular flexibility index (Phi) is 15.1. The van der Waals surface area contributed by atoms with Gasteiger partial charge in [0.1, 0.15) is 35.9 Å². The molecular weight excluding hydrogens is 799 g/mol. The second-order valence-corrected chi connectivity index (χ2v) is 19.0. The standard InChI is InChI=1S/C48H73NO13/c1-11-25(2)43-28(5)17-18-47(62-43)23-34-20-33(61-47)16-15-27(4)42(26(3)13-12-14-32-24-55-45-41(50)29(6)19-35(46(51)58-34)48(32,45)52)59-39-22-37(54-10)44(31(8)57-39)60-38-21-36(53-9)40(49)30(7)56-38/h12-15,17-19,25-26,28,30-31,33-45,50,52H,11,16,20-24,49H2,1-10H3/b13-12+,27-15+,32-14+/t25-,26+,28+,30+,31+,33-,34+,35+,36+,37+,38+,39+,40-,41-,42+,43-,44+,45-,47-,48-/m1/s1. The molecule has 6 aliphatic heterocycles. The van der Waals surface area contributed by atoms with Crippen molar-refractivity contribution in [1.82, 2.24) is 0 Å². The van der Waals surface area contributed by atoms with Crippen LogP contribution in [0, 0.1) is 23.7 Å². The Balaban J connectivity index is 1.18. The third kappa shape index (κ3) is 9.64. The van der Waals surface area contributed by atoms with Gasteiger partial charge in [-0.1, -0.05) is 70.6 Å². The highest BCUT2D eigenvalue weighted by molar-refractivity contribution is 5.78. The van der Waals surface area contributed by atoms with Gasteiger partial charge in [-0.05, 0) is 62.8 Å². The molecule has 0 amide bonds. The minimum absolute atomic E-state index is 0.0379. The Labute approximate surface area is 368 Å². The minimum Gasteiger partial charge on any atom is -0.462 e. The molecule has 0 aromatic carbocycles. The SMILES string of the molecule is CC[C@@H](C)[C@H]1O[C@]2(C=C[C@@H]1C)C[C@@H]1C[C@@H](C/C=C(\C)[C@@H](O[C@H]3C[C@H](OC)[C@@H](O[C@H]4C[C@H](OC)[C@H](N)[C@H](C)O4)[C@H](C)O3)[C@@H](C)/C=C/C=C3\CO[C@@H]4[C@H](O)C(C)=C[C@@H](C(=O)O1)[C@]34O)O2. The van der Waals surface area contributed by atoms with E-state index in [1.54, 1.807) is 33.3 Å². The number of hydrogen-bond acceptors (Lipinski definition) is 14. The molecule has 4 saturated heterocycles. The fourth-order valence-electron chi connectivity index (χ4n) is 10.6. The zero-order valence-electron chi connectivity index (χ0n) is 38.3. The molecule has 14 heteroatoms. The molecule has 4 fully saturated rings. The van der Waals surface area contributed by atoms with Gasteiger partial charge in [0.25, 0.3) is 0 Å². The molecule has 2 bridgehead atoms. The maximum atomic E-state index is 14.4. The first-order valence-corrected chi connectivity index (χ1v) is 22.9. The number of nitrogens with two attached hydrogens (primary N) is 1. The maximum absolute atomic E-state index is 14.4. The van der Waals surface area contributed by atoms with Gasteiger partial charge in [0.05, 0.1) is 55.4 Å². The number of methoxy groups -OCH3 is 2. The smallest absolute Gasteiger partial charge is 0.316 e. The van der Waals surface area contributed by atoms with Gasteiger partial charge in [-0.3, -0.25) is 4.79 Å². The average molecular weight is 872 g/mol. The summed E-state index contributed by atoms with van der Waals surface area (Å²) < 4.78 is 64.1. The van der Waals surface area contributed by atoms with Crippen LogP contribution in [0.25, 0.3) is 0 Å². The van der Waals surface area contributed by atoms with Crippen LogP contribution in [0.5, 0.6) is 0 Å². The summed E-state index contributed by atoms with van der Waals surface area (Å²) in [6.45, 7) is 16.3. The van der Waals surface area contributed by atoms with Crippen LogP contribution in [0.15, 0.2) is 59.3 Å². The highest BCUT2D eigenvalue weighted by Gasteiger charge is 2.60. The molecule has 348 valence electrons. The summed E-state index contributed by atoms with van der Waals surface area (Å²) in [5.74, 6) is -2.53. The molecule has 14 nitrogen and oxygen atoms in total. The molecule has 0 aromatic rings. The lowest BCUT2D eigenvalue weighted by Gasteiger charge is -2.48. The van der Waals surface area contributed by atoms with E-state index in [1.807, 2.05) is 32.1 Å². The molecule has 0 saturated carbocycles. The van der Waals surface area contributed by atoms with Crippen molar-refractivity contribution in [2.45, 2.75) is 191 Å². The van der Waals surface area contributed by atoms with Gasteiger partial charge in [-0.15, -0.1) is 0 Å². The zero-order valence-corrected chi connectivity index (χ0v) is 38.3. The van der Waals surface area contributed by atoms with Crippen LogP contribution >= 0.6 is 0 Å². The largest absolute Gasteiger partial charge is 0.462 e. The van der Waals surface area contributed by atoms with Crippen LogP contribution in [-0.4, -0.2) is 134 Å². The van der Waals surface area contributed by atoms with Crippen molar-refractivity contribution in [3.63, 3.8) is 0 Å². The van der Waals surface area contributed by atoms with Gasteiger partial charge in [0, 0.05) is 51.7 Å². The zero-order chi connectivity index (χ0) is 44.7. The molecule has 7 rings (SSSR count). The lowest BCUT2D eigenvalue weighted by Crippen LogP contribution is -2.58. The first-order chi connectivity index (χ1) is 29.5. The molecule has 1 aliphatic carbocycles. The van der Waals surface area contributed by atoms with Crippen LogP contribution < -0.4 is 5.73 Å². The predicted octanol–water partition coefficient (Wildman–Crippen LogP) is 5.34. The average Bonchev–Trinajstić information content (AvgIpc) is 3.58. The van der Waals surface area contributed by atoms with Crippen LogP contribution in [-0.2, 0) is 52.2 Å². The summed E-state index contributed by atoms with van der Waals surface area (Å²) in [6.07, 6.45) is 10.2. The van der Waals surface area contributed by atoms with Gasteiger partial charge in [0.2, 0.25) is 0 Å². The van der Waals surface area contributed by atoms with Gasteiger partial charge >= 0.3 is 5.97 Å². The fraction of sp³-hybridized carbons (Fsp3) is 0.771. The summed E-state index contributed by atoms with van der Waals surface area (Å²) in [4.78, 5) is 14.4. The second-order valence-electron chi connectivity index (χ2n) is 19.0. The Hall–Kier alpha value is -2.31. The predicted molar refractivity (Wildman–Crippen MR) is 229 cm³/mol. The third-order valence-electron chi connectivity index (χ3n) is 14.6. The second kappa shape index (κ2) is 19.7. The summed E-state index contributed by atoms with van der Waals surface area (Å²) in [5.41, 5.74) is 6.48. The van der Waals surface area contributed by atoms with E-state index in [0.29, 0.717) is 43.3 Å². The number of carbonyl (C=O) groups excluding carboxylic acids is 1. The van der Waals surface area contributed by atoms with Gasteiger partial charge in [0.15, 0.2) is 18.4 Å². The first kappa shape index (κ1) is 47.6. The van der Waals surface area contributed by atoms with E-state index in [2.05, 4.69) is 46.8 Å². The molecule has 0 radical (unpaired) electrons. The van der Waals surface area contributed by atoms with Crippen molar-refractivity contribution in [1.29, 1.82) is 0 Å². The van der Waals surface area contributed by atoms with Crippen LogP contribution in [0.4, 0.5) is 0 Å². The van der Waals surface area contributed by atoms with E-state index >= 15 is 0 Å². The van der Waals surface area contributed by atoms with Gasteiger partial charge < -0.3 is 63.3 Å². The van der Waals surface area contributed by atoms with Crippen molar-refractivity contribution >= 4 is 5.97 Å². The number of hydrogen-bond donors (Lipinski definition) is 3. The molecule has 7 aliphatic rings. The number of allylic oxidation sites excluding steroid dienone is 2. The molecule has 4 N–H and O–H groups in total. The highest BCUT2D eigenvalue weighted by Crippen LogP contribution is 2.47. The van der Waals surface area contributed by atoms with Crippen molar-refractivity contribution in [3.05, 3.63) is 59.3 Å². The Bertz CT molecular complexity index is 1730. The maximum Gasteiger partial charge on any atom is 0.316 e. The van der Waals surface area contributed by atoms with E-state index in [0.717, 1.165) is 12.0 Å². The highest BCUT2D eigenvalue weighted by atomic mass is 16.7. The van der Waals surface area contributed by atoms with E-state index in [9.17, 15) is 15.0 Å². The summed E-state index contributed by atoms with van der Waals surface area (Å²) in [5, 5.41) is 23.7. The minimum atomic E-state index is -1.83. The first-order valence-electron chi connectivity index (χ1n) is 22.9. The van der Waals surface area contributed by atoms with Crippen molar-refractivity contribution < 1.29 is 62.4 Å². The molecule has 20 atom stereocenters. The quantitative estimate of drug-likeness (QED) is 0.211. The number of fused-ring (bicyclic) bond motifs is 2. The van der Waals surface area contributed by atoms with Crippen molar-refractivity contribution in [2.24, 2.45) is 29.4 Å². The normalized spacial score (nSPS) is 49.1. The van der Waals surface area contributed by atoms with Crippen molar-refractivity contribution in [2.75, 3.05) is 20.8 Å². The third-order valence-corrected chi connectivity index (χ3v) is 14.6. The van der Waals surface area contributed by atoms with Gasteiger partial charge in [-0.25, -0.2) is 0 Å². The van der Waals surface area contributed by atoms with Crippen LogP contribution in [0.1, 0.15) is 93.9 Å².